The SMILES string of the molecule is CCOc1ccc(OCC2CCC(C3C=CC(=O)CC3)CC2)c(F)c1F. The molecule has 2 aliphatic rings. The highest BCUT2D eigenvalue weighted by atomic mass is 19.2. The van der Waals surface area contributed by atoms with E-state index < -0.39 is 11.6 Å². The van der Waals surface area contributed by atoms with Gasteiger partial charge in [0.05, 0.1) is 13.2 Å². The Morgan fingerprint density at radius 2 is 1.65 bits per heavy atom. The van der Waals surface area contributed by atoms with Crippen molar-refractivity contribution in [1.82, 2.24) is 0 Å². The van der Waals surface area contributed by atoms with Crippen LogP contribution in [0.4, 0.5) is 8.78 Å². The van der Waals surface area contributed by atoms with E-state index in [0.29, 0.717) is 30.8 Å². The summed E-state index contributed by atoms with van der Waals surface area (Å²) in [4.78, 5) is 11.3. The number of rotatable bonds is 6. The van der Waals surface area contributed by atoms with Gasteiger partial charge in [-0.3, -0.25) is 4.79 Å². The van der Waals surface area contributed by atoms with E-state index in [9.17, 15) is 13.6 Å². The van der Waals surface area contributed by atoms with Crippen molar-refractivity contribution in [2.45, 2.75) is 45.4 Å². The third-order valence-electron chi connectivity index (χ3n) is 5.54. The molecule has 0 bridgehead atoms. The minimum atomic E-state index is -0.994. The number of benzene rings is 1. The fourth-order valence-electron chi connectivity index (χ4n) is 4.00. The Bertz CT molecular complexity index is 663. The number of carbonyl (C=O) groups is 1. The number of allylic oxidation sites excluding steroid dienone is 2. The molecule has 0 aliphatic heterocycles. The molecule has 26 heavy (non-hydrogen) atoms. The van der Waals surface area contributed by atoms with E-state index in [1.54, 1.807) is 13.0 Å². The summed E-state index contributed by atoms with van der Waals surface area (Å²) in [6.45, 7) is 2.40. The van der Waals surface area contributed by atoms with E-state index >= 15 is 0 Å². The summed E-state index contributed by atoms with van der Waals surface area (Å²) in [5.41, 5.74) is 0. The first-order chi connectivity index (χ1) is 12.6. The molecular weight excluding hydrogens is 338 g/mol. The lowest BCUT2D eigenvalue weighted by molar-refractivity contribution is -0.115. The van der Waals surface area contributed by atoms with Crippen molar-refractivity contribution in [1.29, 1.82) is 0 Å². The van der Waals surface area contributed by atoms with Gasteiger partial charge in [-0.15, -0.1) is 0 Å². The van der Waals surface area contributed by atoms with Gasteiger partial charge in [0, 0.05) is 6.42 Å². The van der Waals surface area contributed by atoms with Crippen molar-refractivity contribution in [3.8, 4) is 11.5 Å². The molecule has 1 saturated carbocycles. The highest BCUT2D eigenvalue weighted by molar-refractivity contribution is 5.90. The van der Waals surface area contributed by atoms with Crippen LogP contribution in [0, 0.1) is 29.4 Å². The molecule has 0 radical (unpaired) electrons. The van der Waals surface area contributed by atoms with Gasteiger partial charge in [0.2, 0.25) is 11.6 Å². The Morgan fingerprint density at radius 3 is 2.23 bits per heavy atom. The standard InChI is InChI=1S/C21H26F2O3/c1-2-25-18-11-12-19(21(23)20(18)22)26-13-14-3-5-15(6-4-14)16-7-9-17(24)10-8-16/h7,9,11-12,14-16H,2-6,8,10,13H2,1H3. The van der Waals surface area contributed by atoms with Gasteiger partial charge in [0.15, 0.2) is 17.3 Å². The second-order valence-corrected chi connectivity index (χ2v) is 7.24. The zero-order chi connectivity index (χ0) is 18.5. The molecule has 1 atom stereocenters. The van der Waals surface area contributed by atoms with E-state index in [4.69, 9.17) is 9.47 Å². The molecule has 0 heterocycles. The molecule has 1 fully saturated rings. The van der Waals surface area contributed by atoms with Gasteiger partial charge < -0.3 is 9.47 Å². The largest absolute Gasteiger partial charge is 0.491 e. The summed E-state index contributed by atoms with van der Waals surface area (Å²) in [6.07, 6.45) is 9.64. The van der Waals surface area contributed by atoms with Gasteiger partial charge in [-0.1, -0.05) is 6.08 Å². The average molecular weight is 364 g/mol. The molecule has 142 valence electrons. The van der Waals surface area contributed by atoms with E-state index in [0.717, 1.165) is 32.1 Å². The maximum atomic E-state index is 14.1. The van der Waals surface area contributed by atoms with Gasteiger partial charge in [-0.2, -0.15) is 8.78 Å². The van der Waals surface area contributed by atoms with Crippen LogP contribution in [0.3, 0.4) is 0 Å². The summed E-state index contributed by atoms with van der Waals surface area (Å²) in [5.74, 6) is -0.406. The number of hydrogen-bond donors (Lipinski definition) is 0. The Balaban J connectivity index is 1.49. The summed E-state index contributed by atoms with van der Waals surface area (Å²) in [7, 11) is 0. The minimum Gasteiger partial charge on any atom is -0.491 e. The van der Waals surface area contributed by atoms with Crippen LogP contribution in [0.1, 0.15) is 45.4 Å². The van der Waals surface area contributed by atoms with Crippen LogP contribution >= 0.6 is 0 Å². The maximum Gasteiger partial charge on any atom is 0.204 e. The molecule has 2 aliphatic carbocycles. The van der Waals surface area contributed by atoms with Gasteiger partial charge in [-0.25, -0.2) is 0 Å². The first kappa shape index (κ1) is 18.9. The minimum absolute atomic E-state index is 0.0539. The number of carbonyl (C=O) groups excluding carboxylic acids is 1. The zero-order valence-corrected chi connectivity index (χ0v) is 15.2. The lowest BCUT2D eigenvalue weighted by atomic mass is 9.73. The second-order valence-electron chi connectivity index (χ2n) is 7.24. The van der Waals surface area contributed by atoms with Crippen molar-refractivity contribution in [2.24, 2.45) is 17.8 Å². The van der Waals surface area contributed by atoms with Gasteiger partial charge in [0.25, 0.3) is 0 Å². The van der Waals surface area contributed by atoms with Crippen LogP contribution in [-0.2, 0) is 4.79 Å². The number of ketones is 1. The van der Waals surface area contributed by atoms with Crippen LogP contribution in [-0.4, -0.2) is 19.0 Å². The Hall–Kier alpha value is -1.91. The Morgan fingerprint density at radius 1 is 1.00 bits per heavy atom. The molecule has 5 heteroatoms. The third kappa shape index (κ3) is 4.43. The van der Waals surface area contributed by atoms with Gasteiger partial charge in [-0.05, 0) is 75.0 Å². The van der Waals surface area contributed by atoms with Gasteiger partial charge in [0.1, 0.15) is 0 Å². The Kier molecular flexibility index (Phi) is 6.28. The van der Waals surface area contributed by atoms with Crippen molar-refractivity contribution in [3.63, 3.8) is 0 Å². The molecule has 0 N–H and O–H groups in total. The zero-order valence-electron chi connectivity index (χ0n) is 15.2. The topological polar surface area (TPSA) is 35.5 Å². The second kappa shape index (κ2) is 8.65. The molecule has 1 unspecified atom stereocenters. The van der Waals surface area contributed by atoms with Crippen LogP contribution in [0.5, 0.6) is 11.5 Å². The summed E-state index contributed by atoms with van der Waals surface area (Å²) in [6, 6.07) is 2.84. The van der Waals surface area contributed by atoms with Crippen molar-refractivity contribution >= 4 is 5.78 Å². The van der Waals surface area contributed by atoms with Crippen molar-refractivity contribution in [3.05, 3.63) is 35.9 Å². The first-order valence-electron chi connectivity index (χ1n) is 9.53. The van der Waals surface area contributed by atoms with Crippen LogP contribution in [0.25, 0.3) is 0 Å². The summed E-state index contributed by atoms with van der Waals surface area (Å²) < 4.78 is 38.6. The Labute approximate surface area is 153 Å². The van der Waals surface area contributed by atoms with Crippen LogP contribution in [0.2, 0.25) is 0 Å². The molecular formula is C21H26F2O3. The van der Waals surface area contributed by atoms with Crippen LogP contribution < -0.4 is 9.47 Å². The summed E-state index contributed by atoms with van der Waals surface area (Å²) in [5, 5.41) is 0. The van der Waals surface area contributed by atoms with Crippen molar-refractivity contribution < 1.29 is 23.0 Å². The predicted molar refractivity (Wildman–Crippen MR) is 95.3 cm³/mol. The third-order valence-corrected chi connectivity index (χ3v) is 5.54. The molecule has 0 aromatic heterocycles. The molecule has 3 nitrogen and oxygen atoms in total. The van der Waals surface area contributed by atoms with Crippen molar-refractivity contribution in [2.75, 3.05) is 13.2 Å². The van der Waals surface area contributed by atoms with E-state index in [1.165, 1.54) is 12.1 Å². The lowest BCUT2D eigenvalue weighted by Gasteiger charge is -2.33. The maximum absolute atomic E-state index is 14.1. The fraction of sp³-hybridized carbons (Fsp3) is 0.571. The normalized spacial score (nSPS) is 26.0. The molecule has 1 aromatic rings. The molecule has 3 rings (SSSR count). The molecule has 0 amide bonds. The monoisotopic (exact) mass is 364 g/mol. The van der Waals surface area contributed by atoms with E-state index in [1.807, 2.05) is 0 Å². The molecule has 0 saturated heterocycles. The fourth-order valence-corrected chi connectivity index (χ4v) is 4.00. The highest BCUT2D eigenvalue weighted by Crippen LogP contribution is 2.37. The average Bonchev–Trinajstić information content (AvgIpc) is 2.66. The quantitative estimate of drug-likeness (QED) is 0.706. The first-order valence-corrected chi connectivity index (χ1v) is 9.53. The molecule has 0 spiro atoms. The smallest absolute Gasteiger partial charge is 0.204 e. The number of hydrogen-bond acceptors (Lipinski definition) is 3. The summed E-state index contributed by atoms with van der Waals surface area (Å²) >= 11 is 0. The highest BCUT2D eigenvalue weighted by Gasteiger charge is 2.28. The number of halogens is 2. The van der Waals surface area contributed by atoms with E-state index in [2.05, 4.69) is 6.08 Å². The van der Waals surface area contributed by atoms with E-state index in [-0.39, 0.29) is 23.9 Å². The predicted octanol–water partition coefficient (Wildman–Crippen LogP) is 5.08. The molecule has 1 aromatic carbocycles. The number of ether oxygens (including phenoxy) is 2. The van der Waals surface area contributed by atoms with Crippen LogP contribution in [0.15, 0.2) is 24.3 Å². The lowest BCUT2D eigenvalue weighted by Crippen LogP contribution is -2.25. The van der Waals surface area contributed by atoms with Gasteiger partial charge >= 0.3 is 0 Å².